The van der Waals surface area contributed by atoms with Crippen molar-refractivity contribution in [2.24, 2.45) is 0 Å². The molecule has 1 N–H and O–H groups in total. The topological polar surface area (TPSA) is 38.3 Å². The van der Waals surface area contributed by atoms with Gasteiger partial charge in [-0.25, -0.2) is 0 Å². The van der Waals surface area contributed by atoms with Crippen molar-refractivity contribution in [3.63, 3.8) is 0 Å². The van der Waals surface area contributed by atoms with Crippen LogP contribution in [-0.4, -0.2) is 18.8 Å². The Kier molecular flexibility index (Phi) is 4.14. The highest BCUT2D eigenvalue weighted by molar-refractivity contribution is 5.94. The van der Waals surface area contributed by atoms with Gasteiger partial charge < -0.3 is 10.1 Å². The average Bonchev–Trinajstić information content (AvgIpc) is 2.24. The van der Waals surface area contributed by atoms with Crippen LogP contribution in [0.15, 0.2) is 36.9 Å². The lowest BCUT2D eigenvalue weighted by Crippen LogP contribution is -2.23. The molecule has 1 rings (SSSR count). The third-order valence-electron chi connectivity index (χ3n) is 1.76. The number of rotatable bonds is 4. The molecule has 0 radical (unpaired) electrons. The molecule has 0 aliphatic rings. The van der Waals surface area contributed by atoms with Crippen LogP contribution >= 0.6 is 0 Å². The summed E-state index contributed by atoms with van der Waals surface area (Å²) in [6, 6.07) is 4.66. The third kappa shape index (κ3) is 4.58. The van der Waals surface area contributed by atoms with Crippen LogP contribution in [0.4, 0.5) is 13.2 Å². The number of benzene rings is 1. The van der Waals surface area contributed by atoms with E-state index in [1.54, 1.807) is 0 Å². The Morgan fingerprint density at radius 1 is 1.35 bits per heavy atom. The van der Waals surface area contributed by atoms with Crippen LogP contribution in [0.1, 0.15) is 10.4 Å². The zero-order valence-electron chi connectivity index (χ0n) is 8.75. The van der Waals surface area contributed by atoms with Crippen molar-refractivity contribution < 1.29 is 22.7 Å². The van der Waals surface area contributed by atoms with Gasteiger partial charge in [-0.2, -0.15) is 0 Å². The molecule has 0 unspecified atom stereocenters. The Morgan fingerprint density at radius 3 is 2.41 bits per heavy atom. The highest BCUT2D eigenvalue weighted by Crippen LogP contribution is 2.22. The average molecular weight is 245 g/mol. The van der Waals surface area contributed by atoms with Crippen molar-refractivity contribution >= 4 is 5.91 Å². The highest BCUT2D eigenvalue weighted by atomic mass is 19.4. The van der Waals surface area contributed by atoms with E-state index in [2.05, 4.69) is 16.6 Å². The first kappa shape index (κ1) is 13.1. The summed E-state index contributed by atoms with van der Waals surface area (Å²) in [5.74, 6) is -0.749. The first-order valence-electron chi connectivity index (χ1n) is 4.67. The number of amides is 1. The molecule has 1 aromatic rings. The summed E-state index contributed by atoms with van der Waals surface area (Å²) in [4.78, 5) is 11.4. The molecule has 6 heteroatoms. The van der Waals surface area contributed by atoms with E-state index in [1.165, 1.54) is 18.2 Å². The number of carbonyl (C=O) groups is 1. The Morgan fingerprint density at radius 2 is 1.94 bits per heavy atom. The van der Waals surface area contributed by atoms with Crippen molar-refractivity contribution in [2.45, 2.75) is 6.36 Å². The summed E-state index contributed by atoms with van der Waals surface area (Å²) < 4.78 is 39.2. The molecule has 0 saturated carbocycles. The summed E-state index contributed by atoms with van der Waals surface area (Å²) in [5, 5.41) is 2.50. The second kappa shape index (κ2) is 5.38. The minimum absolute atomic E-state index is 0.251. The molecule has 0 heterocycles. The Hall–Kier alpha value is -1.98. The summed E-state index contributed by atoms with van der Waals surface area (Å²) in [6.45, 7) is 3.71. The largest absolute Gasteiger partial charge is 0.573 e. The van der Waals surface area contributed by atoms with Gasteiger partial charge in [0.1, 0.15) is 5.75 Å². The van der Waals surface area contributed by atoms with Crippen LogP contribution in [0.2, 0.25) is 0 Å². The molecule has 0 spiro atoms. The fourth-order valence-electron chi connectivity index (χ4n) is 1.07. The highest BCUT2D eigenvalue weighted by Gasteiger charge is 2.30. The molecule has 0 aromatic heterocycles. The van der Waals surface area contributed by atoms with Gasteiger partial charge in [-0.3, -0.25) is 4.79 Å². The van der Waals surface area contributed by atoms with Crippen LogP contribution in [-0.2, 0) is 0 Å². The SMILES string of the molecule is C=CCNC(=O)c1ccc(OC(F)(F)F)cc1. The smallest absolute Gasteiger partial charge is 0.406 e. The van der Waals surface area contributed by atoms with Gasteiger partial charge in [0.2, 0.25) is 0 Å². The molecular formula is C11H10F3NO2. The van der Waals surface area contributed by atoms with Crippen molar-refractivity contribution in [1.82, 2.24) is 5.32 Å². The number of alkyl halides is 3. The maximum Gasteiger partial charge on any atom is 0.573 e. The van der Waals surface area contributed by atoms with Crippen LogP contribution in [0.5, 0.6) is 5.75 Å². The number of hydrogen-bond acceptors (Lipinski definition) is 2. The van der Waals surface area contributed by atoms with Gasteiger partial charge >= 0.3 is 6.36 Å². The molecule has 0 bridgehead atoms. The Balaban J connectivity index is 2.67. The lowest BCUT2D eigenvalue weighted by molar-refractivity contribution is -0.274. The van der Waals surface area contributed by atoms with Crippen molar-refractivity contribution in [3.8, 4) is 5.75 Å². The monoisotopic (exact) mass is 245 g/mol. The van der Waals surface area contributed by atoms with Crippen LogP contribution in [0, 0.1) is 0 Å². The molecule has 1 amide bonds. The molecule has 0 aliphatic heterocycles. The number of carbonyl (C=O) groups excluding carboxylic acids is 1. The maximum absolute atomic E-state index is 11.9. The zero-order valence-corrected chi connectivity index (χ0v) is 8.75. The van der Waals surface area contributed by atoms with Gasteiger partial charge in [0.05, 0.1) is 0 Å². The van der Waals surface area contributed by atoms with Gasteiger partial charge in [-0.1, -0.05) is 6.08 Å². The first-order chi connectivity index (χ1) is 7.92. The molecular weight excluding hydrogens is 235 g/mol. The van der Waals surface area contributed by atoms with E-state index < -0.39 is 6.36 Å². The van der Waals surface area contributed by atoms with E-state index in [-0.39, 0.29) is 17.2 Å². The van der Waals surface area contributed by atoms with Crippen LogP contribution in [0.3, 0.4) is 0 Å². The molecule has 0 saturated heterocycles. The van der Waals surface area contributed by atoms with E-state index in [4.69, 9.17) is 0 Å². The minimum Gasteiger partial charge on any atom is -0.406 e. The number of halogens is 3. The lowest BCUT2D eigenvalue weighted by Gasteiger charge is -2.09. The minimum atomic E-state index is -4.73. The predicted octanol–water partition coefficient (Wildman–Crippen LogP) is 2.50. The second-order valence-corrected chi connectivity index (χ2v) is 3.07. The summed E-state index contributed by atoms with van der Waals surface area (Å²) in [5.41, 5.74) is 0.251. The Bertz CT molecular complexity index is 398. The van der Waals surface area contributed by atoms with Crippen molar-refractivity contribution in [3.05, 3.63) is 42.5 Å². The zero-order chi connectivity index (χ0) is 12.9. The summed E-state index contributed by atoms with van der Waals surface area (Å²) >= 11 is 0. The third-order valence-corrected chi connectivity index (χ3v) is 1.76. The molecule has 0 aliphatic carbocycles. The van der Waals surface area contributed by atoms with Crippen LogP contribution in [0.25, 0.3) is 0 Å². The van der Waals surface area contributed by atoms with Gasteiger partial charge in [-0.05, 0) is 24.3 Å². The summed E-state index contributed by atoms with van der Waals surface area (Å²) in [6.07, 6.45) is -3.23. The van der Waals surface area contributed by atoms with Gasteiger partial charge in [0.15, 0.2) is 0 Å². The van der Waals surface area contributed by atoms with Crippen molar-refractivity contribution in [1.29, 1.82) is 0 Å². The van der Waals surface area contributed by atoms with E-state index in [0.717, 1.165) is 12.1 Å². The fourth-order valence-corrected chi connectivity index (χ4v) is 1.07. The quantitative estimate of drug-likeness (QED) is 0.827. The molecule has 92 valence electrons. The first-order valence-corrected chi connectivity index (χ1v) is 4.67. The maximum atomic E-state index is 11.9. The summed E-state index contributed by atoms with van der Waals surface area (Å²) in [7, 11) is 0. The molecule has 17 heavy (non-hydrogen) atoms. The fraction of sp³-hybridized carbons (Fsp3) is 0.182. The van der Waals surface area contributed by atoms with Crippen molar-refractivity contribution in [2.75, 3.05) is 6.54 Å². The molecule has 0 atom stereocenters. The number of nitrogens with one attached hydrogen (secondary N) is 1. The predicted molar refractivity (Wildman–Crippen MR) is 55.7 cm³/mol. The van der Waals surface area contributed by atoms with Gasteiger partial charge in [0, 0.05) is 12.1 Å². The molecule has 0 fully saturated rings. The van der Waals surface area contributed by atoms with E-state index >= 15 is 0 Å². The van der Waals surface area contributed by atoms with Crippen LogP contribution < -0.4 is 10.1 Å². The lowest BCUT2D eigenvalue weighted by atomic mass is 10.2. The normalized spacial score (nSPS) is 10.8. The molecule has 1 aromatic carbocycles. The molecule has 3 nitrogen and oxygen atoms in total. The number of hydrogen-bond donors (Lipinski definition) is 1. The standard InChI is InChI=1S/C11H10F3NO2/c1-2-7-15-10(16)8-3-5-9(6-4-8)17-11(12,13)14/h2-6H,1,7H2,(H,15,16). The second-order valence-electron chi connectivity index (χ2n) is 3.07. The number of ether oxygens (including phenoxy) is 1. The van der Waals surface area contributed by atoms with Gasteiger partial charge in [0.25, 0.3) is 5.91 Å². The Labute approximate surface area is 95.9 Å². The van der Waals surface area contributed by atoms with E-state index in [9.17, 15) is 18.0 Å². The van der Waals surface area contributed by atoms with E-state index in [0.29, 0.717) is 6.54 Å². The van der Waals surface area contributed by atoms with E-state index in [1.807, 2.05) is 0 Å². The van der Waals surface area contributed by atoms with Gasteiger partial charge in [-0.15, -0.1) is 19.8 Å².